The molecule has 1 N–H and O–H groups in total. The summed E-state index contributed by atoms with van der Waals surface area (Å²) in [5.74, 6) is 2.26. The molecule has 1 saturated carbocycles. The summed E-state index contributed by atoms with van der Waals surface area (Å²) in [5, 5.41) is 10.3. The average molecular weight is 272 g/mol. The lowest BCUT2D eigenvalue weighted by molar-refractivity contribution is -0.00545. The Hall–Kier alpha value is -0.110. The van der Waals surface area contributed by atoms with Crippen LogP contribution in [0, 0.1) is 17.8 Å². The van der Waals surface area contributed by atoms with Crippen molar-refractivity contribution in [3.8, 4) is 0 Å². The van der Waals surface area contributed by atoms with Crippen LogP contribution >= 0.6 is 0 Å². The maximum absolute atomic E-state index is 13.1. The molecule has 1 unspecified atom stereocenters. The van der Waals surface area contributed by atoms with Gasteiger partial charge < -0.3 is 5.11 Å². The van der Waals surface area contributed by atoms with Gasteiger partial charge in [-0.3, -0.25) is 0 Å². The molecular formula is C17H33FO. The summed E-state index contributed by atoms with van der Waals surface area (Å²) in [6, 6.07) is 0. The van der Waals surface area contributed by atoms with Crippen LogP contribution in [-0.2, 0) is 0 Å². The van der Waals surface area contributed by atoms with Crippen molar-refractivity contribution in [2.75, 3.05) is 6.67 Å². The van der Waals surface area contributed by atoms with Crippen molar-refractivity contribution in [3.05, 3.63) is 0 Å². The van der Waals surface area contributed by atoms with Crippen molar-refractivity contribution < 1.29 is 9.50 Å². The monoisotopic (exact) mass is 272 g/mol. The fraction of sp³-hybridized carbons (Fsp3) is 1.00. The van der Waals surface area contributed by atoms with E-state index in [4.69, 9.17) is 0 Å². The third-order valence-electron chi connectivity index (χ3n) is 5.23. The zero-order chi connectivity index (χ0) is 14.3. The molecule has 0 aromatic carbocycles. The fourth-order valence-electron chi connectivity index (χ4n) is 3.22. The first-order chi connectivity index (χ1) is 8.97. The van der Waals surface area contributed by atoms with E-state index >= 15 is 0 Å². The molecule has 0 aromatic heterocycles. The van der Waals surface area contributed by atoms with E-state index in [2.05, 4.69) is 20.8 Å². The number of hydrogen-bond donors (Lipinski definition) is 1. The topological polar surface area (TPSA) is 20.2 Å². The SMILES string of the molecule is CC1CCC[C@](O)(CF)CCCC[C@H](C)[C@@H](C)CC1. The molecule has 4 atom stereocenters. The van der Waals surface area contributed by atoms with Gasteiger partial charge in [0.05, 0.1) is 5.60 Å². The van der Waals surface area contributed by atoms with Gasteiger partial charge in [-0.2, -0.15) is 0 Å². The third-order valence-corrected chi connectivity index (χ3v) is 5.23. The summed E-state index contributed by atoms with van der Waals surface area (Å²) in [6.45, 7) is 6.43. The minimum Gasteiger partial charge on any atom is -0.387 e. The molecule has 114 valence electrons. The molecule has 19 heavy (non-hydrogen) atoms. The lowest BCUT2D eigenvalue weighted by Crippen LogP contribution is -2.31. The first-order valence-corrected chi connectivity index (χ1v) is 8.25. The van der Waals surface area contributed by atoms with Gasteiger partial charge in [0, 0.05) is 0 Å². The van der Waals surface area contributed by atoms with E-state index in [1.165, 1.54) is 19.3 Å². The molecule has 0 bridgehead atoms. The van der Waals surface area contributed by atoms with Crippen LogP contribution in [0.3, 0.4) is 0 Å². The van der Waals surface area contributed by atoms with Crippen LogP contribution in [0.4, 0.5) is 4.39 Å². The molecule has 0 saturated heterocycles. The number of hydrogen-bond acceptors (Lipinski definition) is 1. The molecule has 0 heterocycles. The molecule has 1 aliphatic rings. The van der Waals surface area contributed by atoms with E-state index in [0.717, 1.165) is 37.5 Å². The Morgan fingerprint density at radius 2 is 1.53 bits per heavy atom. The Morgan fingerprint density at radius 1 is 0.895 bits per heavy atom. The van der Waals surface area contributed by atoms with Gasteiger partial charge in [-0.1, -0.05) is 65.7 Å². The van der Waals surface area contributed by atoms with Crippen LogP contribution < -0.4 is 0 Å². The second-order valence-corrected chi connectivity index (χ2v) is 7.13. The normalized spacial score (nSPS) is 39.9. The molecule has 1 nitrogen and oxygen atoms in total. The van der Waals surface area contributed by atoms with Crippen molar-refractivity contribution in [2.45, 2.75) is 84.2 Å². The molecule has 1 aliphatic carbocycles. The predicted octanol–water partition coefficient (Wildman–Crippen LogP) is 5.12. The third kappa shape index (κ3) is 6.25. The molecule has 0 aliphatic heterocycles. The zero-order valence-corrected chi connectivity index (χ0v) is 13.1. The van der Waals surface area contributed by atoms with Crippen LogP contribution in [0.5, 0.6) is 0 Å². The van der Waals surface area contributed by atoms with Gasteiger partial charge in [0.15, 0.2) is 0 Å². The lowest BCUT2D eigenvalue weighted by Gasteiger charge is -2.25. The van der Waals surface area contributed by atoms with Crippen molar-refractivity contribution >= 4 is 0 Å². The Balaban J connectivity index is 2.55. The quantitative estimate of drug-likeness (QED) is 0.702. The van der Waals surface area contributed by atoms with Crippen molar-refractivity contribution in [3.63, 3.8) is 0 Å². The number of alkyl halides is 1. The molecule has 1 rings (SSSR count). The van der Waals surface area contributed by atoms with Gasteiger partial charge >= 0.3 is 0 Å². The molecule has 0 aromatic rings. The average Bonchev–Trinajstić information content (AvgIpc) is 2.40. The minimum absolute atomic E-state index is 0.576. The predicted molar refractivity (Wildman–Crippen MR) is 80.0 cm³/mol. The van der Waals surface area contributed by atoms with Crippen LogP contribution in [0.1, 0.15) is 78.6 Å². The molecule has 0 spiro atoms. The molecule has 1 fully saturated rings. The fourth-order valence-corrected chi connectivity index (χ4v) is 3.22. The molecule has 2 heteroatoms. The van der Waals surface area contributed by atoms with Crippen LogP contribution in [0.15, 0.2) is 0 Å². The van der Waals surface area contributed by atoms with E-state index in [-0.39, 0.29) is 0 Å². The van der Waals surface area contributed by atoms with Gasteiger partial charge in [-0.05, 0) is 30.6 Å². The maximum Gasteiger partial charge on any atom is 0.118 e. The Bertz CT molecular complexity index is 243. The Morgan fingerprint density at radius 3 is 2.21 bits per heavy atom. The van der Waals surface area contributed by atoms with Crippen LogP contribution in [-0.4, -0.2) is 17.4 Å². The van der Waals surface area contributed by atoms with Crippen molar-refractivity contribution in [2.24, 2.45) is 17.8 Å². The van der Waals surface area contributed by atoms with Crippen LogP contribution in [0.25, 0.3) is 0 Å². The highest BCUT2D eigenvalue weighted by Gasteiger charge is 2.26. The summed E-state index contributed by atoms with van der Waals surface area (Å²) in [5.41, 5.74) is -1.04. The van der Waals surface area contributed by atoms with Crippen molar-refractivity contribution in [1.29, 1.82) is 0 Å². The highest BCUT2D eigenvalue weighted by atomic mass is 19.1. The molecule has 0 amide bonds. The number of aliphatic hydroxyl groups is 1. The first kappa shape index (κ1) is 16.9. The van der Waals surface area contributed by atoms with E-state index in [1.807, 2.05) is 0 Å². The van der Waals surface area contributed by atoms with E-state index in [1.54, 1.807) is 0 Å². The van der Waals surface area contributed by atoms with E-state index in [0.29, 0.717) is 18.8 Å². The minimum atomic E-state index is -1.04. The van der Waals surface area contributed by atoms with Gasteiger partial charge in [-0.15, -0.1) is 0 Å². The second-order valence-electron chi connectivity index (χ2n) is 7.13. The highest BCUT2D eigenvalue weighted by molar-refractivity contribution is 4.79. The first-order valence-electron chi connectivity index (χ1n) is 8.25. The number of halogens is 1. The van der Waals surface area contributed by atoms with Gasteiger partial charge in [0.1, 0.15) is 6.67 Å². The lowest BCUT2D eigenvalue weighted by atomic mass is 9.85. The molecular weight excluding hydrogens is 239 g/mol. The van der Waals surface area contributed by atoms with E-state index < -0.39 is 12.3 Å². The summed E-state index contributed by atoms with van der Waals surface area (Å²) in [4.78, 5) is 0. The Kier molecular flexibility index (Phi) is 7.35. The van der Waals surface area contributed by atoms with Gasteiger partial charge in [-0.25, -0.2) is 4.39 Å². The van der Waals surface area contributed by atoms with Crippen molar-refractivity contribution in [1.82, 2.24) is 0 Å². The van der Waals surface area contributed by atoms with Crippen LogP contribution in [0.2, 0.25) is 0 Å². The summed E-state index contributed by atoms with van der Waals surface area (Å²) in [6.07, 6.45) is 9.27. The molecule has 0 radical (unpaired) electrons. The smallest absolute Gasteiger partial charge is 0.118 e. The van der Waals surface area contributed by atoms with E-state index in [9.17, 15) is 9.50 Å². The summed E-state index contributed by atoms with van der Waals surface area (Å²) < 4.78 is 13.1. The zero-order valence-electron chi connectivity index (χ0n) is 13.1. The number of rotatable bonds is 1. The summed E-state index contributed by atoms with van der Waals surface area (Å²) >= 11 is 0. The summed E-state index contributed by atoms with van der Waals surface area (Å²) in [7, 11) is 0. The standard InChI is InChI=1S/C17H33FO/c1-14-7-6-12-17(19,13-18)11-5-4-8-15(2)16(3)10-9-14/h14-16,19H,4-13H2,1-3H3/t14?,15-,16-,17-/m0/s1. The van der Waals surface area contributed by atoms with Gasteiger partial charge in [0.25, 0.3) is 0 Å². The maximum atomic E-state index is 13.1. The second kappa shape index (κ2) is 8.24. The largest absolute Gasteiger partial charge is 0.387 e. The highest BCUT2D eigenvalue weighted by Crippen LogP contribution is 2.30. The van der Waals surface area contributed by atoms with Gasteiger partial charge in [0.2, 0.25) is 0 Å². The Labute approximate surface area is 119 Å².